The van der Waals surface area contributed by atoms with Gasteiger partial charge in [0, 0.05) is 17.6 Å². The average Bonchev–Trinajstić information content (AvgIpc) is 3.15. The number of benzene rings is 2. The standard InChI is InChI=1S/C23H23N3O4/c1-4-25(16-7-9-17(10-8-16)29-5-2)21(27)14-26-22-18-12-15(3)6-11-20(18)30-23(28)19(22)13-24-26/h6-13H,4-5,14H2,1-3H3. The van der Waals surface area contributed by atoms with E-state index in [4.69, 9.17) is 9.15 Å². The predicted molar refractivity (Wildman–Crippen MR) is 116 cm³/mol. The van der Waals surface area contributed by atoms with Gasteiger partial charge in [-0.25, -0.2) is 4.79 Å². The van der Waals surface area contributed by atoms with Gasteiger partial charge in [0.25, 0.3) is 0 Å². The SMILES string of the molecule is CCOc1ccc(N(CC)C(=O)Cn2ncc3c(=O)oc4ccc(C)cc4c32)cc1. The Labute approximate surface area is 173 Å². The molecule has 2 heterocycles. The number of carbonyl (C=O) groups is 1. The van der Waals surface area contributed by atoms with Gasteiger partial charge >= 0.3 is 5.63 Å². The number of aromatic nitrogens is 2. The van der Waals surface area contributed by atoms with E-state index in [1.54, 1.807) is 15.6 Å². The molecular formula is C23H23N3O4. The number of rotatable bonds is 6. The van der Waals surface area contributed by atoms with Crippen molar-refractivity contribution in [3.63, 3.8) is 0 Å². The maximum Gasteiger partial charge on any atom is 0.347 e. The second-order valence-corrected chi connectivity index (χ2v) is 7.02. The summed E-state index contributed by atoms with van der Waals surface area (Å²) in [4.78, 5) is 27.1. The second kappa shape index (κ2) is 8.02. The molecule has 0 fully saturated rings. The van der Waals surface area contributed by atoms with Crippen LogP contribution in [0.5, 0.6) is 5.75 Å². The third-order valence-corrected chi connectivity index (χ3v) is 5.01. The van der Waals surface area contributed by atoms with Crippen molar-refractivity contribution in [3.05, 3.63) is 64.6 Å². The zero-order valence-corrected chi connectivity index (χ0v) is 17.2. The minimum atomic E-state index is -0.459. The molecule has 4 rings (SSSR count). The molecule has 0 saturated heterocycles. The topological polar surface area (TPSA) is 77.6 Å². The van der Waals surface area contributed by atoms with E-state index in [2.05, 4.69) is 5.10 Å². The fourth-order valence-corrected chi connectivity index (χ4v) is 3.62. The molecule has 0 aliphatic heterocycles. The Morgan fingerprint density at radius 2 is 1.90 bits per heavy atom. The van der Waals surface area contributed by atoms with Crippen LogP contribution in [0.25, 0.3) is 21.9 Å². The van der Waals surface area contributed by atoms with E-state index in [9.17, 15) is 9.59 Å². The molecular weight excluding hydrogens is 382 g/mol. The van der Waals surface area contributed by atoms with E-state index in [1.165, 1.54) is 6.20 Å². The highest BCUT2D eigenvalue weighted by molar-refractivity contribution is 6.03. The van der Waals surface area contributed by atoms with Gasteiger partial charge in [0.05, 0.1) is 18.3 Å². The van der Waals surface area contributed by atoms with Crippen LogP contribution in [0.3, 0.4) is 0 Å². The Kier molecular flexibility index (Phi) is 5.27. The third kappa shape index (κ3) is 3.54. The fourth-order valence-electron chi connectivity index (χ4n) is 3.62. The summed E-state index contributed by atoms with van der Waals surface area (Å²) in [5.41, 5.74) is 2.44. The number of nitrogens with zero attached hydrogens (tertiary/aromatic N) is 3. The van der Waals surface area contributed by atoms with Crippen molar-refractivity contribution in [1.29, 1.82) is 0 Å². The molecule has 0 spiro atoms. The lowest BCUT2D eigenvalue weighted by Gasteiger charge is -2.21. The highest BCUT2D eigenvalue weighted by atomic mass is 16.5. The lowest BCUT2D eigenvalue weighted by molar-refractivity contribution is -0.119. The summed E-state index contributed by atoms with van der Waals surface area (Å²) in [6, 6.07) is 13.0. The molecule has 0 aliphatic carbocycles. The van der Waals surface area contributed by atoms with Crippen LogP contribution in [0.1, 0.15) is 19.4 Å². The van der Waals surface area contributed by atoms with E-state index in [0.717, 1.165) is 22.4 Å². The van der Waals surface area contributed by atoms with E-state index in [0.29, 0.717) is 29.6 Å². The molecule has 0 atom stereocenters. The van der Waals surface area contributed by atoms with Gasteiger partial charge in [-0.15, -0.1) is 0 Å². The number of hydrogen-bond donors (Lipinski definition) is 0. The Bertz CT molecular complexity index is 1270. The number of ether oxygens (including phenoxy) is 1. The van der Waals surface area contributed by atoms with Crippen molar-refractivity contribution >= 4 is 33.5 Å². The summed E-state index contributed by atoms with van der Waals surface area (Å²) in [7, 11) is 0. The summed E-state index contributed by atoms with van der Waals surface area (Å²) < 4.78 is 12.5. The van der Waals surface area contributed by atoms with E-state index >= 15 is 0 Å². The van der Waals surface area contributed by atoms with Gasteiger partial charge in [-0.05, 0) is 57.2 Å². The van der Waals surface area contributed by atoms with Crippen molar-refractivity contribution in [2.45, 2.75) is 27.3 Å². The first-order valence-electron chi connectivity index (χ1n) is 9.94. The average molecular weight is 405 g/mol. The van der Waals surface area contributed by atoms with Crippen LogP contribution in [-0.2, 0) is 11.3 Å². The molecule has 2 aromatic carbocycles. The van der Waals surface area contributed by atoms with Crippen LogP contribution in [0.15, 0.2) is 57.9 Å². The fraction of sp³-hybridized carbons (Fsp3) is 0.261. The van der Waals surface area contributed by atoms with Gasteiger partial charge in [-0.3, -0.25) is 9.48 Å². The third-order valence-electron chi connectivity index (χ3n) is 5.01. The molecule has 0 saturated carbocycles. The summed E-state index contributed by atoms with van der Waals surface area (Å²) in [5, 5.41) is 5.44. The van der Waals surface area contributed by atoms with Gasteiger partial charge in [0.15, 0.2) is 0 Å². The number of hydrogen-bond acceptors (Lipinski definition) is 5. The smallest absolute Gasteiger partial charge is 0.347 e. The quantitative estimate of drug-likeness (QED) is 0.455. The molecule has 4 aromatic rings. The zero-order chi connectivity index (χ0) is 21.3. The maximum absolute atomic E-state index is 13.1. The van der Waals surface area contributed by atoms with Crippen LogP contribution in [0.4, 0.5) is 5.69 Å². The Morgan fingerprint density at radius 1 is 1.13 bits per heavy atom. The first-order valence-corrected chi connectivity index (χ1v) is 9.94. The van der Waals surface area contributed by atoms with Crippen molar-refractivity contribution in [1.82, 2.24) is 9.78 Å². The van der Waals surface area contributed by atoms with Gasteiger partial charge in [0.2, 0.25) is 5.91 Å². The second-order valence-electron chi connectivity index (χ2n) is 7.02. The normalized spacial score (nSPS) is 11.2. The molecule has 2 aromatic heterocycles. The number of fused-ring (bicyclic) bond motifs is 3. The van der Waals surface area contributed by atoms with Crippen LogP contribution < -0.4 is 15.3 Å². The summed E-state index contributed by atoms with van der Waals surface area (Å²) >= 11 is 0. The molecule has 0 aliphatic rings. The maximum atomic E-state index is 13.1. The lowest BCUT2D eigenvalue weighted by Crippen LogP contribution is -2.34. The van der Waals surface area contributed by atoms with E-state index in [-0.39, 0.29) is 12.5 Å². The highest BCUT2D eigenvalue weighted by Crippen LogP contribution is 2.25. The molecule has 1 amide bonds. The van der Waals surface area contributed by atoms with Crippen LogP contribution >= 0.6 is 0 Å². The number of likely N-dealkylation sites (N-methyl/N-ethyl adjacent to an activating group) is 1. The Hall–Kier alpha value is -3.61. The Morgan fingerprint density at radius 3 is 2.60 bits per heavy atom. The first-order chi connectivity index (χ1) is 14.5. The van der Waals surface area contributed by atoms with Crippen LogP contribution in [0.2, 0.25) is 0 Å². The lowest BCUT2D eigenvalue weighted by atomic mass is 10.1. The minimum Gasteiger partial charge on any atom is -0.494 e. The van der Waals surface area contributed by atoms with Crippen LogP contribution in [-0.4, -0.2) is 28.8 Å². The number of anilines is 1. The summed E-state index contributed by atoms with van der Waals surface area (Å²) in [6.45, 7) is 6.92. The molecule has 0 radical (unpaired) electrons. The van der Waals surface area contributed by atoms with Gasteiger partial charge in [-0.2, -0.15) is 5.10 Å². The predicted octanol–water partition coefficient (Wildman–Crippen LogP) is 3.90. The molecule has 0 bridgehead atoms. The summed E-state index contributed by atoms with van der Waals surface area (Å²) in [5.74, 6) is 0.636. The summed E-state index contributed by atoms with van der Waals surface area (Å²) in [6.07, 6.45) is 1.46. The molecule has 7 nitrogen and oxygen atoms in total. The molecule has 7 heteroatoms. The Balaban J connectivity index is 1.70. The van der Waals surface area contributed by atoms with Gasteiger partial charge in [-0.1, -0.05) is 11.6 Å². The van der Waals surface area contributed by atoms with Crippen LogP contribution in [0, 0.1) is 6.92 Å². The molecule has 0 unspecified atom stereocenters. The largest absolute Gasteiger partial charge is 0.494 e. The van der Waals surface area contributed by atoms with Crippen molar-refractivity contribution < 1.29 is 13.9 Å². The van der Waals surface area contributed by atoms with Crippen molar-refractivity contribution in [2.75, 3.05) is 18.1 Å². The van der Waals surface area contributed by atoms with Gasteiger partial charge in [0.1, 0.15) is 23.3 Å². The molecule has 0 N–H and O–H groups in total. The number of carbonyl (C=O) groups excluding carboxylic acids is 1. The number of amides is 1. The van der Waals surface area contributed by atoms with Crippen molar-refractivity contribution in [3.8, 4) is 5.75 Å². The first kappa shape index (κ1) is 19.7. The highest BCUT2D eigenvalue weighted by Gasteiger charge is 2.19. The number of aryl methyl sites for hydroxylation is 1. The van der Waals surface area contributed by atoms with Gasteiger partial charge < -0.3 is 14.1 Å². The van der Waals surface area contributed by atoms with Crippen molar-refractivity contribution in [2.24, 2.45) is 0 Å². The minimum absolute atomic E-state index is 0.0110. The van der Waals surface area contributed by atoms with E-state index < -0.39 is 5.63 Å². The molecule has 30 heavy (non-hydrogen) atoms. The zero-order valence-electron chi connectivity index (χ0n) is 17.2. The van der Waals surface area contributed by atoms with E-state index in [1.807, 2.05) is 57.2 Å². The molecule has 154 valence electrons. The monoisotopic (exact) mass is 405 g/mol.